The van der Waals surface area contributed by atoms with Crippen LogP contribution in [0.2, 0.25) is 0 Å². The number of hydrogen-bond donors (Lipinski definition) is 1. The molecule has 0 saturated heterocycles. The Labute approximate surface area is 125 Å². The second-order valence-electron chi connectivity index (χ2n) is 4.27. The van der Waals surface area contributed by atoms with Crippen LogP contribution in [0.4, 0.5) is 22.0 Å². The molecule has 1 N–H and O–H groups in total. The Bertz CT molecular complexity index is 878. The van der Waals surface area contributed by atoms with E-state index in [4.69, 9.17) is 4.55 Å². The minimum absolute atomic E-state index is 0.541. The van der Waals surface area contributed by atoms with E-state index in [2.05, 4.69) is 0 Å². The maximum absolute atomic E-state index is 13.5. The monoisotopic (exact) mass is 352 g/mol. The third-order valence-corrected chi connectivity index (χ3v) is 3.72. The summed E-state index contributed by atoms with van der Waals surface area (Å²) < 4.78 is 96.5. The summed E-state index contributed by atoms with van der Waals surface area (Å²) in [4.78, 5) is 11.3. The molecule has 0 fully saturated rings. The number of halogens is 5. The van der Waals surface area contributed by atoms with Crippen LogP contribution in [0.15, 0.2) is 29.2 Å². The van der Waals surface area contributed by atoms with E-state index >= 15 is 0 Å². The number of carbonyl (C=O) groups is 1. The van der Waals surface area contributed by atoms with Gasteiger partial charge in [-0.3, -0.25) is 9.35 Å². The van der Waals surface area contributed by atoms with Crippen LogP contribution in [-0.2, 0) is 10.1 Å². The van der Waals surface area contributed by atoms with Crippen LogP contribution in [0.5, 0.6) is 0 Å². The first-order valence-corrected chi connectivity index (χ1v) is 7.13. The number of rotatable bonds is 3. The van der Waals surface area contributed by atoms with Crippen LogP contribution in [0.1, 0.15) is 15.9 Å². The number of carbonyl (C=O) groups excluding carboxylic acids is 1. The minimum Gasteiger partial charge on any atom is -0.288 e. The molecule has 2 aromatic carbocycles. The normalized spacial score (nSPS) is 11.6. The summed E-state index contributed by atoms with van der Waals surface area (Å²) in [5.74, 6) is -13.1. The zero-order valence-electron chi connectivity index (χ0n) is 10.8. The van der Waals surface area contributed by atoms with E-state index in [1.807, 2.05) is 0 Å². The molecule has 4 nitrogen and oxygen atoms in total. The molecule has 0 aromatic heterocycles. The zero-order valence-corrected chi connectivity index (χ0v) is 11.6. The minimum atomic E-state index is -4.57. The third-order valence-electron chi connectivity index (χ3n) is 2.85. The van der Waals surface area contributed by atoms with Crippen molar-refractivity contribution < 1.29 is 39.7 Å². The quantitative estimate of drug-likeness (QED) is 0.303. The maximum Gasteiger partial charge on any atom is 0.294 e. The molecule has 0 unspecified atom stereocenters. The van der Waals surface area contributed by atoms with Crippen molar-refractivity contribution in [3.8, 4) is 0 Å². The van der Waals surface area contributed by atoms with Gasteiger partial charge in [0.15, 0.2) is 29.1 Å². The van der Waals surface area contributed by atoms with Crippen molar-refractivity contribution in [3.63, 3.8) is 0 Å². The molecule has 0 saturated carbocycles. The highest BCUT2D eigenvalue weighted by molar-refractivity contribution is 7.85. The largest absolute Gasteiger partial charge is 0.294 e. The van der Waals surface area contributed by atoms with Gasteiger partial charge in [0.2, 0.25) is 5.82 Å². The van der Waals surface area contributed by atoms with Gasteiger partial charge in [-0.2, -0.15) is 8.42 Å². The molecule has 0 aliphatic carbocycles. The number of ketones is 1. The Morgan fingerprint density at radius 1 is 0.783 bits per heavy atom. The van der Waals surface area contributed by atoms with Crippen molar-refractivity contribution in [1.29, 1.82) is 0 Å². The van der Waals surface area contributed by atoms with Gasteiger partial charge in [0.05, 0.1) is 4.90 Å². The van der Waals surface area contributed by atoms with E-state index in [0.717, 1.165) is 24.3 Å². The molecule has 0 spiro atoms. The van der Waals surface area contributed by atoms with Crippen molar-refractivity contribution in [2.45, 2.75) is 4.90 Å². The van der Waals surface area contributed by atoms with Crippen LogP contribution in [0.25, 0.3) is 0 Å². The second-order valence-corrected chi connectivity index (χ2v) is 5.70. The highest BCUT2D eigenvalue weighted by Gasteiger charge is 2.30. The highest BCUT2D eigenvalue weighted by Crippen LogP contribution is 2.25. The first-order chi connectivity index (χ1) is 10.6. The molecule has 0 amide bonds. The third kappa shape index (κ3) is 2.94. The van der Waals surface area contributed by atoms with Crippen LogP contribution >= 0.6 is 0 Å². The Hall–Kier alpha value is -2.33. The van der Waals surface area contributed by atoms with E-state index in [-0.39, 0.29) is 0 Å². The van der Waals surface area contributed by atoms with Crippen molar-refractivity contribution in [2.75, 3.05) is 0 Å². The van der Waals surface area contributed by atoms with E-state index in [1.54, 1.807) is 0 Å². The smallest absolute Gasteiger partial charge is 0.288 e. The van der Waals surface area contributed by atoms with E-state index < -0.39 is 61.0 Å². The molecule has 2 rings (SSSR count). The SMILES string of the molecule is O=C(c1ccc(S(=O)(=O)O)cc1)c1c(F)c(F)c(F)c(F)c1F. The molecule has 0 heterocycles. The van der Waals surface area contributed by atoms with Crippen molar-refractivity contribution in [2.24, 2.45) is 0 Å². The zero-order chi connectivity index (χ0) is 17.5. The molecule has 122 valence electrons. The van der Waals surface area contributed by atoms with Gasteiger partial charge in [-0.25, -0.2) is 22.0 Å². The molecule has 0 aliphatic rings. The lowest BCUT2D eigenvalue weighted by atomic mass is 10.0. The van der Waals surface area contributed by atoms with Crippen LogP contribution in [0, 0.1) is 29.1 Å². The molecule has 0 radical (unpaired) electrons. The predicted molar refractivity (Wildman–Crippen MR) is 65.9 cm³/mol. The topological polar surface area (TPSA) is 71.4 Å². The Kier molecular flexibility index (Phi) is 4.22. The van der Waals surface area contributed by atoms with Gasteiger partial charge in [-0.1, -0.05) is 0 Å². The van der Waals surface area contributed by atoms with Crippen LogP contribution in [-0.4, -0.2) is 18.8 Å². The summed E-state index contributed by atoms with van der Waals surface area (Å²) in [7, 11) is -4.57. The fraction of sp³-hybridized carbons (Fsp3) is 0. The number of benzene rings is 2. The average Bonchev–Trinajstić information content (AvgIpc) is 2.50. The van der Waals surface area contributed by atoms with Gasteiger partial charge in [-0.05, 0) is 24.3 Å². The maximum atomic E-state index is 13.5. The molecule has 2 aromatic rings. The Balaban J connectivity index is 2.58. The molecule has 0 atom stereocenters. The lowest BCUT2D eigenvalue weighted by molar-refractivity contribution is 0.102. The Morgan fingerprint density at radius 2 is 1.17 bits per heavy atom. The lowest BCUT2D eigenvalue weighted by Crippen LogP contribution is -2.13. The lowest BCUT2D eigenvalue weighted by Gasteiger charge is -2.07. The van der Waals surface area contributed by atoms with Gasteiger partial charge in [0.1, 0.15) is 5.56 Å². The van der Waals surface area contributed by atoms with Crippen molar-refractivity contribution in [3.05, 3.63) is 64.5 Å². The van der Waals surface area contributed by atoms with Crippen molar-refractivity contribution >= 4 is 15.9 Å². The molecule has 0 bridgehead atoms. The standard InChI is InChI=1S/C13H5F5O4S/c14-8-7(9(15)11(17)12(18)10(8)16)13(19)5-1-3-6(4-2-5)23(20,21)22/h1-4H,(H,20,21,22). The van der Waals surface area contributed by atoms with Gasteiger partial charge in [-0.15, -0.1) is 0 Å². The summed E-state index contributed by atoms with van der Waals surface area (Å²) in [6.07, 6.45) is 0. The van der Waals surface area contributed by atoms with Crippen molar-refractivity contribution in [1.82, 2.24) is 0 Å². The van der Waals surface area contributed by atoms with Gasteiger partial charge in [0.25, 0.3) is 10.1 Å². The van der Waals surface area contributed by atoms with Crippen LogP contribution in [0.3, 0.4) is 0 Å². The molecule has 10 heteroatoms. The first kappa shape index (κ1) is 17.0. The predicted octanol–water partition coefficient (Wildman–Crippen LogP) is 2.86. The summed E-state index contributed by atoms with van der Waals surface area (Å²) in [5, 5.41) is 0. The van der Waals surface area contributed by atoms with E-state index in [1.165, 1.54) is 0 Å². The van der Waals surface area contributed by atoms with E-state index in [0.29, 0.717) is 0 Å². The van der Waals surface area contributed by atoms with Gasteiger partial charge >= 0.3 is 0 Å². The first-order valence-electron chi connectivity index (χ1n) is 5.69. The van der Waals surface area contributed by atoms with Crippen LogP contribution < -0.4 is 0 Å². The Morgan fingerprint density at radius 3 is 1.57 bits per heavy atom. The molecular formula is C13H5F5O4S. The fourth-order valence-corrected chi connectivity index (χ4v) is 2.21. The second kappa shape index (κ2) is 5.70. The summed E-state index contributed by atoms with van der Waals surface area (Å²) in [5.41, 5.74) is -2.21. The summed E-state index contributed by atoms with van der Waals surface area (Å²) >= 11 is 0. The van der Waals surface area contributed by atoms with Gasteiger partial charge in [0, 0.05) is 5.56 Å². The summed E-state index contributed by atoms with van der Waals surface area (Å²) in [6, 6.07) is 2.97. The molecular weight excluding hydrogens is 347 g/mol. The highest BCUT2D eigenvalue weighted by atomic mass is 32.2. The number of hydrogen-bond acceptors (Lipinski definition) is 3. The van der Waals surface area contributed by atoms with E-state index in [9.17, 15) is 35.2 Å². The summed E-state index contributed by atoms with van der Waals surface area (Å²) in [6.45, 7) is 0. The van der Waals surface area contributed by atoms with Gasteiger partial charge < -0.3 is 0 Å². The fourth-order valence-electron chi connectivity index (χ4n) is 1.73. The molecule has 0 aliphatic heterocycles. The molecule has 23 heavy (non-hydrogen) atoms. The average molecular weight is 352 g/mol.